The molecular weight excluding hydrogens is 690 g/mol. The Kier molecular flexibility index (Phi) is 27.6. The summed E-state index contributed by atoms with van der Waals surface area (Å²) in [6.45, 7) is 20.7. The monoisotopic (exact) mass is 762 g/mol. The lowest BCUT2D eigenvalue weighted by Crippen LogP contribution is -2.37. The maximum atomic E-state index is 12.5. The van der Waals surface area contributed by atoms with E-state index in [0.29, 0.717) is 124 Å². The zero-order valence-electron chi connectivity index (χ0n) is 33.6. The summed E-state index contributed by atoms with van der Waals surface area (Å²) in [6.07, 6.45) is 3.92. The van der Waals surface area contributed by atoms with Crippen LogP contribution in [0.1, 0.15) is 80.1 Å². The smallest absolute Gasteiger partial charge is 0.233 e. The summed E-state index contributed by atoms with van der Waals surface area (Å²) in [5.41, 5.74) is 0.0555. The molecule has 0 bridgehead atoms. The van der Waals surface area contributed by atoms with Crippen molar-refractivity contribution in [2.75, 3.05) is 125 Å². The average molecular weight is 762 g/mol. The predicted octanol–water partition coefficient (Wildman–Crippen LogP) is 2.77. The highest BCUT2D eigenvalue weighted by Crippen LogP contribution is 2.35. The van der Waals surface area contributed by atoms with E-state index in [1.54, 1.807) is 0 Å². The second-order valence-electron chi connectivity index (χ2n) is 15.1. The molecular formula is C38H71N3O12. The Morgan fingerprint density at radius 3 is 1.38 bits per heavy atom. The third kappa shape index (κ3) is 27.9. The second-order valence-corrected chi connectivity index (χ2v) is 15.1. The van der Waals surface area contributed by atoms with E-state index >= 15 is 0 Å². The lowest BCUT2D eigenvalue weighted by atomic mass is 9.80. The maximum absolute atomic E-state index is 12.5. The van der Waals surface area contributed by atoms with E-state index in [2.05, 4.69) is 31.4 Å². The van der Waals surface area contributed by atoms with Crippen molar-refractivity contribution in [3.63, 3.8) is 0 Å². The van der Waals surface area contributed by atoms with Gasteiger partial charge in [0.15, 0.2) is 0 Å². The van der Waals surface area contributed by atoms with Crippen LogP contribution in [0.3, 0.4) is 0 Å². The SMILES string of the molecule is CC(C)(C)CCCCNC(=O)CCOCCOCCOCCOCCOCCOCCOCCOCCNC(=O)CCN1C(=O)CC(C(C)(C)C)C1=O. The summed E-state index contributed by atoms with van der Waals surface area (Å²) < 4.78 is 43.8. The zero-order chi connectivity index (χ0) is 39.2. The Labute approximate surface area is 318 Å². The summed E-state index contributed by atoms with van der Waals surface area (Å²) >= 11 is 0. The van der Waals surface area contributed by atoms with Crippen molar-refractivity contribution in [1.82, 2.24) is 15.5 Å². The molecule has 1 atom stereocenters. The molecule has 1 heterocycles. The second kappa shape index (κ2) is 30.0. The van der Waals surface area contributed by atoms with Gasteiger partial charge in [0.2, 0.25) is 23.6 Å². The summed E-state index contributed by atoms with van der Waals surface area (Å²) in [5, 5.41) is 5.68. The van der Waals surface area contributed by atoms with Crippen LogP contribution in [0.15, 0.2) is 0 Å². The van der Waals surface area contributed by atoms with E-state index in [0.717, 1.165) is 25.8 Å². The third-order valence-corrected chi connectivity index (χ3v) is 8.17. The molecule has 2 N–H and O–H groups in total. The summed E-state index contributed by atoms with van der Waals surface area (Å²) in [6, 6.07) is 0. The highest BCUT2D eigenvalue weighted by atomic mass is 16.6. The fourth-order valence-corrected chi connectivity index (χ4v) is 5.06. The maximum Gasteiger partial charge on any atom is 0.233 e. The minimum Gasteiger partial charge on any atom is -0.379 e. The fraction of sp³-hybridized carbons (Fsp3) is 0.895. The summed E-state index contributed by atoms with van der Waals surface area (Å²) in [4.78, 5) is 49.8. The fourth-order valence-electron chi connectivity index (χ4n) is 5.06. The van der Waals surface area contributed by atoms with Crippen molar-refractivity contribution in [2.45, 2.75) is 80.1 Å². The molecule has 310 valence electrons. The standard InChI is InChI=1S/C38H71N3O12/c1-37(2,3)11-7-8-12-39-34(43)10-15-46-17-19-48-21-23-50-25-27-52-29-30-53-28-26-51-24-22-49-20-18-47-16-13-40-33(42)9-14-41-35(44)31-32(36(41)45)38(4,5)6/h32H,7-31H2,1-6H3,(H,39,43)(H,40,42). The molecule has 15 nitrogen and oxygen atoms in total. The molecule has 0 aromatic carbocycles. The van der Waals surface area contributed by atoms with Crippen LogP contribution in [0.2, 0.25) is 0 Å². The summed E-state index contributed by atoms with van der Waals surface area (Å²) in [5.74, 6) is -0.943. The molecule has 0 aromatic heterocycles. The minimum absolute atomic E-state index is 0.0250. The Hall–Kier alpha value is -2.24. The van der Waals surface area contributed by atoms with Crippen molar-refractivity contribution in [3.8, 4) is 0 Å². The van der Waals surface area contributed by atoms with Gasteiger partial charge in [0, 0.05) is 38.9 Å². The van der Waals surface area contributed by atoms with Crippen molar-refractivity contribution in [1.29, 1.82) is 0 Å². The van der Waals surface area contributed by atoms with Crippen molar-refractivity contribution in [3.05, 3.63) is 0 Å². The number of amides is 4. The van der Waals surface area contributed by atoms with E-state index in [1.165, 1.54) is 4.90 Å². The first kappa shape index (κ1) is 48.8. The molecule has 1 fully saturated rings. The highest BCUT2D eigenvalue weighted by molar-refractivity contribution is 6.04. The van der Waals surface area contributed by atoms with Crippen LogP contribution in [0.25, 0.3) is 0 Å². The quantitative estimate of drug-likeness (QED) is 0.0728. The number of nitrogens with zero attached hydrogens (tertiary/aromatic N) is 1. The first-order chi connectivity index (χ1) is 25.3. The van der Waals surface area contributed by atoms with Crippen LogP contribution in [0.4, 0.5) is 0 Å². The van der Waals surface area contributed by atoms with Gasteiger partial charge in [-0.1, -0.05) is 48.0 Å². The van der Waals surface area contributed by atoms with Gasteiger partial charge in [0.25, 0.3) is 0 Å². The van der Waals surface area contributed by atoms with Crippen molar-refractivity contribution >= 4 is 23.6 Å². The molecule has 1 saturated heterocycles. The van der Waals surface area contributed by atoms with E-state index < -0.39 is 0 Å². The molecule has 1 aliphatic rings. The molecule has 1 rings (SSSR count). The topological polar surface area (TPSA) is 169 Å². The number of ether oxygens (including phenoxy) is 8. The van der Waals surface area contributed by atoms with Crippen LogP contribution in [-0.4, -0.2) is 154 Å². The average Bonchev–Trinajstić information content (AvgIpc) is 3.39. The largest absolute Gasteiger partial charge is 0.379 e. The molecule has 0 radical (unpaired) electrons. The number of hydrogen-bond acceptors (Lipinski definition) is 12. The molecule has 0 aromatic rings. The van der Waals surface area contributed by atoms with Gasteiger partial charge >= 0.3 is 0 Å². The number of carbonyl (C=O) groups excluding carboxylic acids is 4. The van der Waals surface area contributed by atoms with Crippen molar-refractivity contribution < 1.29 is 57.1 Å². The van der Waals surface area contributed by atoms with Gasteiger partial charge in [-0.2, -0.15) is 0 Å². The van der Waals surface area contributed by atoms with Crippen LogP contribution < -0.4 is 10.6 Å². The van der Waals surface area contributed by atoms with Gasteiger partial charge < -0.3 is 48.5 Å². The van der Waals surface area contributed by atoms with Crippen LogP contribution in [-0.2, 0) is 57.1 Å². The van der Waals surface area contributed by atoms with Crippen molar-refractivity contribution in [2.24, 2.45) is 16.7 Å². The molecule has 1 unspecified atom stereocenters. The Balaban J connectivity index is 1.74. The molecule has 15 heteroatoms. The molecule has 0 saturated carbocycles. The van der Waals surface area contributed by atoms with Gasteiger partial charge in [-0.05, 0) is 23.7 Å². The Morgan fingerprint density at radius 2 is 0.962 bits per heavy atom. The van der Waals surface area contributed by atoms with E-state index in [-0.39, 0.29) is 54.3 Å². The van der Waals surface area contributed by atoms with Gasteiger partial charge in [-0.3, -0.25) is 24.1 Å². The minimum atomic E-state index is -0.336. The van der Waals surface area contributed by atoms with Crippen LogP contribution in [0, 0.1) is 16.7 Å². The van der Waals surface area contributed by atoms with Gasteiger partial charge in [-0.25, -0.2) is 0 Å². The predicted molar refractivity (Wildman–Crippen MR) is 199 cm³/mol. The first-order valence-corrected chi connectivity index (χ1v) is 19.3. The number of nitrogens with one attached hydrogen (secondary N) is 2. The lowest BCUT2D eigenvalue weighted by Gasteiger charge is -2.24. The number of carbonyl (C=O) groups is 4. The Bertz CT molecular complexity index is 986. The zero-order valence-corrected chi connectivity index (χ0v) is 33.6. The van der Waals surface area contributed by atoms with Crippen LogP contribution >= 0.6 is 0 Å². The molecule has 0 aliphatic carbocycles. The van der Waals surface area contributed by atoms with E-state index in [1.807, 2.05) is 20.8 Å². The van der Waals surface area contributed by atoms with Gasteiger partial charge in [0.05, 0.1) is 112 Å². The number of rotatable bonds is 34. The van der Waals surface area contributed by atoms with Gasteiger partial charge in [-0.15, -0.1) is 0 Å². The van der Waals surface area contributed by atoms with Gasteiger partial charge in [0.1, 0.15) is 0 Å². The number of hydrogen-bond donors (Lipinski definition) is 2. The first-order valence-electron chi connectivity index (χ1n) is 19.3. The highest BCUT2D eigenvalue weighted by Gasteiger charge is 2.44. The van der Waals surface area contributed by atoms with E-state index in [4.69, 9.17) is 37.9 Å². The lowest BCUT2D eigenvalue weighted by molar-refractivity contribution is -0.140. The normalized spacial score (nSPS) is 15.1. The summed E-state index contributed by atoms with van der Waals surface area (Å²) in [7, 11) is 0. The molecule has 53 heavy (non-hydrogen) atoms. The Morgan fingerprint density at radius 1 is 0.566 bits per heavy atom. The van der Waals surface area contributed by atoms with Crippen LogP contribution in [0.5, 0.6) is 0 Å². The van der Waals surface area contributed by atoms with E-state index in [9.17, 15) is 19.2 Å². The molecule has 0 spiro atoms. The third-order valence-electron chi connectivity index (χ3n) is 8.17. The number of unbranched alkanes of at least 4 members (excludes halogenated alkanes) is 1. The number of likely N-dealkylation sites (tertiary alicyclic amines) is 1. The number of imide groups is 1. The molecule has 1 aliphatic heterocycles. The molecule has 4 amide bonds.